The average Bonchev–Trinajstić information content (AvgIpc) is 2.54. The van der Waals surface area contributed by atoms with E-state index in [2.05, 4.69) is 11.4 Å². The largest absolute Gasteiger partial charge is 0.494 e. The van der Waals surface area contributed by atoms with Crippen LogP contribution in [-0.4, -0.2) is 12.5 Å². The van der Waals surface area contributed by atoms with Crippen LogP contribution in [0, 0.1) is 11.3 Å². The monoisotopic (exact) mass is 280 g/mol. The Labute approximate surface area is 124 Å². The Bertz CT molecular complexity index is 630. The minimum Gasteiger partial charge on any atom is -0.494 e. The van der Waals surface area contributed by atoms with E-state index in [1.165, 1.54) is 0 Å². The minimum absolute atomic E-state index is 0.284. The predicted octanol–water partition coefficient (Wildman–Crippen LogP) is 3.08. The first kappa shape index (κ1) is 14.6. The lowest BCUT2D eigenvalue weighted by molar-refractivity contribution is 0.0945. The summed E-state index contributed by atoms with van der Waals surface area (Å²) in [4.78, 5) is 12.2. The molecule has 0 aliphatic carbocycles. The van der Waals surface area contributed by atoms with Crippen LogP contribution in [-0.2, 0) is 0 Å². The van der Waals surface area contributed by atoms with Crippen molar-refractivity contribution in [3.05, 3.63) is 65.7 Å². The lowest BCUT2D eigenvalue weighted by atomic mass is 10.1. The van der Waals surface area contributed by atoms with Crippen LogP contribution in [0.5, 0.6) is 5.75 Å². The van der Waals surface area contributed by atoms with E-state index >= 15 is 0 Å². The second-order valence-electron chi connectivity index (χ2n) is 4.40. The van der Waals surface area contributed by atoms with Gasteiger partial charge in [-0.15, -0.1) is 0 Å². The minimum atomic E-state index is -0.662. The summed E-state index contributed by atoms with van der Waals surface area (Å²) < 4.78 is 5.33. The van der Waals surface area contributed by atoms with Gasteiger partial charge in [-0.1, -0.05) is 30.3 Å². The quantitative estimate of drug-likeness (QED) is 0.915. The number of amides is 1. The van der Waals surface area contributed by atoms with Gasteiger partial charge in [-0.25, -0.2) is 0 Å². The van der Waals surface area contributed by atoms with Crippen LogP contribution < -0.4 is 10.1 Å². The van der Waals surface area contributed by atoms with Crippen LogP contribution in [0.1, 0.15) is 28.9 Å². The molecule has 0 radical (unpaired) electrons. The zero-order chi connectivity index (χ0) is 15.1. The molecule has 0 aliphatic heterocycles. The lowest BCUT2D eigenvalue weighted by Crippen LogP contribution is -2.27. The van der Waals surface area contributed by atoms with Crippen LogP contribution in [0.15, 0.2) is 54.6 Å². The highest BCUT2D eigenvalue weighted by molar-refractivity contribution is 5.94. The van der Waals surface area contributed by atoms with E-state index in [9.17, 15) is 10.1 Å². The average molecular weight is 280 g/mol. The fourth-order valence-corrected chi connectivity index (χ4v) is 1.92. The summed E-state index contributed by atoms with van der Waals surface area (Å²) in [5, 5.41) is 11.9. The molecule has 0 saturated carbocycles. The molecule has 21 heavy (non-hydrogen) atoms. The van der Waals surface area contributed by atoms with Crippen LogP contribution in [0.4, 0.5) is 0 Å². The van der Waals surface area contributed by atoms with E-state index in [0.717, 1.165) is 5.56 Å². The van der Waals surface area contributed by atoms with Gasteiger partial charge in [0.15, 0.2) is 0 Å². The molecule has 4 nitrogen and oxygen atoms in total. The second-order valence-corrected chi connectivity index (χ2v) is 4.40. The van der Waals surface area contributed by atoms with E-state index in [0.29, 0.717) is 17.9 Å². The molecule has 2 aromatic carbocycles. The second kappa shape index (κ2) is 7.11. The van der Waals surface area contributed by atoms with Gasteiger partial charge < -0.3 is 10.1 Å². The first-order valence-electron chi connectivity index (χ1n) is 6.73. The molecule has 1 amide bonds. The van der Waals surface area contributed by atoms with Crippen molar-refractivity contribution in [1.82, 2.24) is 5.32 Å². The van der Waals surface area contributed by atoms with Crippen LogP contribution in [0.2, 0.25) is 0 Å². The maximum Gasteiger partial charge on any atom is 0.252 e. The number of nitrogens with one attached hydrogen (secondary N) is 1. The summed E-state index contributed by atoms with van der Waals surface area (Å²) in [5.74, 6) is 0.433. The molecular weight excluding hydrogens is 264 g/mol. The fourth-order valence-electron chi connectivity index (χ4n) is 1.92. The standard InChI is InChI=1S/C17H16N2O2/c1-2-21-15-10-8-14(9-11-15)17(20)19-16(12-18)13-6-4-3-5-7-13/h3-11,16H,2H2,1H3,(H,19,20). The molecule has 1 unspecified atom stereocenters. The van der Waals surface area contributed by atoms with Crippen LogP contribution in [0.25, 0.3) is 0 Å². The molecule has 0 fully saturated rings. The molecule has 4 heteroatoms. The fraction of sp³-hybridized carbons (Fsp3) is 0.176. The van der Waals surface area contributed by atoms with E-state index in [1.807, 2.05) is 37.3 Å². The van der Waals surface area contributed by atoms with Gasteiger partial charge in [-0.05, 0) is 36.8 Å². The molecule has 2 aromatic rings. The predicted molar refractivity (Wildman–Crippen MR) is 79.9 cm³/mol. The summed E-state index contributed by atoms with van der Waals surface area (Å²) in [7, 11) is 0. The Hall–Kier alpha value is -2.80. The first-order valence-corrected chi connectivity index (χ1v) is 6.73. The highest BCUT2D eigenvalue weighted by Crippen LogP contribution is 2.15. The van der Waals surface area contributed by atoms with E-state index in [1.54, 1.807) is 24.3 Å². The number of nitriles is 1. The molecule has 0 saturated heterocycles. The number of hydrogen-bond donors (Lipinski definition) is 1. The van der Waals surface area contributed by atoms with E-state index in [4.69, 9.17) is 4.74 Å². The summed E-state index contributed by atoms with van der Waals surface area (Å²) in [6, 6.07) is 17.4. The van der Waals surface area contributed by atoms with Crippen molar-refractivity contribution < 1.29 is 9.53 Å². The summed E-state index contributed by atoms with van der Waals surface area (Å²) in [6.45, 7) is 2.48. The summed E-state index contributed by atoms with van der Waals surface area (Å²) in [6.07, 6.45) is 0. The Morgan fingerprint density at radius 1 is 1.19 bits per heavy atom. The lowest BCUT2D eigenvalue weighted by Gasteiger charge is -2.12. The normalized spacial score (nSPS) is 11.2. The molecule has 2 rings (SSSR count). The molecule has 0 spiro atoms. The van der Waals surface area contributed by atoms with Crippen LogP contribution in [0.3, 0.4) is 0 Å². The number of ether oxygens (including phenoxy) is 1. The number of rotatable bonds is 5. The van der Waals surface area contributed by atoms with Crippen molar-refractivity contribution in [2.45, 2.75) is 13.0 Å². The zero-order valence-corrected chi connectivity index (χ0v) is 11.7. The molecule has 106 valence electrons. The highest BCUT2D eigenvalue weighted by atomic mass is 16.5. The third-order valence-electron chi connectivity index (χ3n) is 2.96. The number of nitrogens with zero attached hydrogens (tertiary/aromatic N) is 1. The Kier molecular flexibility index (Phi) is 4.94. The number of carbonyl (C=O) groups is 1. The van der Waals surface area contributed by atoms with Crippen molar-refractivity contribution in [3.8, 4) is 11.8 Å². The van der Waals surface area contributed by atoms with Crippen molar-refractivity contribution in [2.75, 3.05) is 6.61 Å². The molecule has 0 heterocycles. The maximum atomic E-state index is 12.2. The highest BCUT2D eigenvalue weighted by Gasteiger charge is 2.14. The SMILES string of the molecule is CCOc1ccc(C(=O)NC(C#N)c2ccccc2)cc1. The molecular formula is C17H16N2O2. The van der Waals surface area contributed by atoms with E-state index < -0.39 is 6.04 Å². The summed E-state index contributed by atoms with van der Waals surface area (Å²) >= 11 is 0. The first-order chi connectivity index (χ1) is 10.2. The van der Waals surface area contributed by atoms with Gasteiger partial charge in [0, 0.05) is 5.56 Å². The van der Waals surface area contributed by atoms with Gasteiger partial charge >= 0.3 is 0 Å². The maximum absolute atomic E-state index is 12.2. The third-order valence-corrected chi connectivity index (χ3v) is 2.96. The topological polar surface area (TPSA) is 62.1 Å². The van der Waals surface area contributed by atoms with Gasteiger partial charge in [0.25, 0.3) is 5.91 Å². The number of benzene rings is 2. The molecule has 0 bridgehead atoms. The van der Waals surface area contributed by atoms with Crippen LogP contribution >= 0.6 is 0 Å². The zero-order valence-electron chi connectivity index (χ0n) is 11.7. The van der Waals surface area contributed by atoms with Gasteiger partial charge in [-0.2, -0.15) is 5.26 Å². The summed E-state index contributed by atoms with van der Waals surface area (Å²) in [5.41, 5.74) is 1.26. The van der Waals surface area contributed by atoms with Crippen molar-refractivity contribution in [1.29, 1.82) is 5.26 Å². The number of hydrogen-bond acceptors (Lipinski definition) is 3. The van der Waals surface area contributed by atoms with Crippen molar-refractivity contribution in [3.63, 3.8) is 0 Å². The number of carbonyl (C=O) groups excluding carboxylic acids is 1. The molecule has 1 N–H and O–H groups in total. The Morgan fingerprint density at radius 3 is 2.43 bits per heavy atom. The molecule has 0 aromatic heterocycles. The van der Waals surface area contributed by atoms with Gasteiger partial charge in [0.2, 0.25) is 0 Å². The van der Waals surface area contributed by atoms with Crippen molar-refractivity contribution >= 4 is 5.91 Å². The third kappa shape index (κ3) is 3.83. The van der Waals surface area contributed by atoms with Gasteiger partial charge in [0.1, 0.15) is 11.8 Å². The Morgan fingerprint density at radius 2 is 1.86 bits per heavy atom. The van der Waals surface area contributed by atoms with E-state index in [-0.39, 0.29) is 5.91 Å². The van der Waals surface area contributed by atoms with Gasteiger partial charge in [-0.3, -0.25) is 4.79 Å². The molecule has 0 aliphatic rings. The molecule has 1 atom stereocenters. The van der Waals surface area contributed by atoms with Crippen molar-refractivity contribution in [2.24, 2.45) is 0 Å². The van der Waals surface area contributed by atoms with Gasteiger partial charge in [0.05, 0.1) is 12.7 Å². The smallest absolute Gasteiger partial charge is 0.252 e. The Balaban J connectivity index is 2.08.